The van der Waals surface area contributed by atoms with E-state index in [-0.39, 0.29) is 12.4 Å². The quantitative estimate of drug-likeness (QED) is 0.306. The molecule has 2 heterocycles. The molecule has 0 N–H and O–H groups in total. The van der Waals surface area contributed by atoms with Crippen molar-refractivity contribution >= 4 is 34.3 Å². The molecule has 0 aliphatic carbocycles. The monoisotopic (exact) mass is 432 g/mol. The number of fused-ring (bicyclic) bond motifs is 1. The van der Waals surface area contributed by atoms with E-state index in [0.29, 0.717) is 32.7 Å². The first-order chi connectivity index (χ1) is 14.9. The Labute approximate surface area is 185 Å². The first-order valence-electron chi connectivity index (χ1n) is 9.84. The lowest BCUT2D eigenvalue weighted by Crippen LogP contribution is -2.15. The molecule has 0 amide bonds. The van der Waals surface area contributed by atoms with Gasteiger partial charge >= 0.3 is 5.97 Å². The number of aryl methyl sites for hydroxylation is 1. The van der Waals surface area contributed by atoms with E-state index in [4.69, 9.17) is 16.3 Å². The molecular weight excluding hydrogens is 412 g/mol. The van der Waals surface area contributed by atoms with Gasteiger partial charge in [-0.2, -0.15) is 0 Å². The van der Waals surface area contributed by atoms with E-state index in [9.17, 15) is 9.59 Å². The fraction of sp³-hybridized carbons (Fsp3) is 0.160. The molecule has 0 fully saturated rings. The summed E-state index contributed by atoms with van der Waals surface area (Å²) in [6.07, 6.45) is 0. The number of esters is 1. The topological polar surface area (TPSA) is 61.2 Å². The Kier molecular flexibility index (Phi) is 5.61. The highest BCUT2D eigenvalue weighted by atomic mass is 35.5. The number of aromatic nitrogens is 2. The molecule has 156 valence electrons. The Morgan fingerprint density at radius 3 is 2.42 bits per heavy atom. The molecule has 31 heavy (non-hydrogen) atoms. The van der Waals surface area contributed by atoms with Crippen LogP contribution >= 0.6 is 11.6 Å². The van der Waals surface area contributed by atoms with Crippen molar-refractivity contribution in [3.05, 3.63) is 88.2 Å². The molecule has 2 aromatic carbocycles. The van der Waals surface area contributed by atoms with Crippen LogP contribution in [0.25, 0.3) is 22.2 Å². The van der Waals surface area contributed by atoms with Gasteiger partial charge in [0.25, 0.3) is 0 Å². The van der Waals surface area contributed by atoms with Gasteiger partial charge in [0.15, 0.2) is 6.61 Å². The maximum atomic E-state index is 13.0. The van der Waals surface area contributed by atoms with Crippen molar-refractivity contribution in [3.63, 3.8) is 0 Å². The molecule has 0 spiro atoms. The number of carbonyl (C=O) groups is 2. The molecule has 4 rings (SSSR count). The van der Waals surface area contributed by atoms with Crippen molar-refractivity contribution in [2.24, 2.45) is 7.05 Å². The fourth-order valence-electron chi connectivity index (χ4n) is 3.58. The molecule has 0 saturated heterocycles. The van der Waals surface area contributed by atoms with Gasteiger partial charge in [-0.05, 0) is 38.1 Å². The number of halogens is 1. The van der Waals surface area contributed by atoms with E-state index >= 15 is 0 Å². The second-order valence-electron chi connectivity index (χ2n) is 7.40. The summed E-state index contributed by atoms with van der Waals surface area (Å²) in [5.74, 6) is -0.815. The Balaban J connectivity index is 1.66. The van der Waals surface area contributed by atoms with Gasteiger partial charge in [-0.25, -0.2) is 9.78 Å². The smallest absolute Gasteiger partial charge is 0.339 e. The van der Waals surface area contributed by atoms with E-state index < -0.39 is 5.97 Å². The predicted octanol–water partition coefficient (Wildman–Crippen LogP) is 5.55. The Morgan fingerprint density at radius 1 is 1.00 bits per heavy atom. The molecular formula is C25H21ClN2O3. The number of Topliss-reactive ketones (excluding diaryl/α,β-unsaturated/α-hetero) is 1. The van der Waals surface area contributed by atoms with E-state index in [1.807, 2.05) is 74.0 Å². The number of hydrogen-bond acceptors (Lipinski definition) is 4. The highest BCUT2D eigenvalue weighted by Crippen LogP contribution is 2.30. The van der Waals surface area contributed by atoms with Crippen LogP contribution in [0.15, 0.2) is 60.7 Å². The Hall–Kier alpha value is -3.44. The number of pyridine rings is 1. The van der Waals surface area contributed by atoms with Crippen molar-refractivity contribution < 1.29 is 14.3 Å². The van der Waals surface area contributed by atoms with Gasteiger partial charge in [0, 0.05) is 40.0 Å². The van der Waals surface area contributed by atoms with Crippen LogP contribution in [-0.4, -0.2) is 27.9 Å². The molecule has 0 bridgehead atoms. The van der Waals surface area contributed by atoms with Gasteiger partial charge in [0.2, 0.25) is 5.78 Å². The van der Waals surface area contributed by atoms with Crippen LogP contribution in [-0.2, 0) is 11.8 Å². The first kappa shape index (κ1) is 20.8. The lowest BCUT2D eigenvalue weighted by atomic mass is 10.0. The third-order valence-corrected chi connectivity index (χ3v) is 5.83. The number of rotatable bonds is 5. The lowest BCUT2D eigenvalue weighted by Gasteiger charge is -2.11. The minimum Gasteiger partial charge on any atom is -0.454 e. The van der Waals surface area contributed by atoms with E-state index in [1.54, 1.807) is 12.1 Å². The normalized spacial score (nSPS) is 11.0. The van der Waals surface area contributed by atoms with Crippen LogP contribution in [0.3, 0.4) is 0 Å². The van der Waals surface area contributed by atoms with Gasteiger partial charge in [-0.3, -0.25) is 4.79 Å². The summed E-state index contributed by atoms with van der Waals surface area (Å²) in [5.41, 5.74) is 4.64. The molecule has 0 aliphatic heterocycles. The zero-order valence-electron chi connectivity index (χ0n) is 17.5. The molecule has 6 heteroatoms. The van der Waals surface area contributed by atoms with E-state index in [0.717, 1.165) is 17.0 Å². The number of nitrogens with zero attached hydrogens (tertiary/aromatic N) is 2. The van der Waals surface area contributed by atoms with E-state index in [2.05, 4.69) is 4.98 Å². The second-order valence-corrected chi connectivity index (χ2v) is 7.80. The molecule has 5 nitrogen and oxygen atoms in total. The maximum absolute atomic E-state index is 13.0. The van der Waals surface area contributed by atoms with Gasteiger partial charge in [-0.1, -0.05) is 48.0 Å². The van der Waals surface area contributed by atoms with Crippen LogP contribution in [0.5, 0.6) is 0 Å². The van der Waals surface area contributed by atoms with E-state index in [1.165, 1.54) is 0 Å². The second kappa shape index (κ2) is 8.36. The Bertz CT molecular complexity index is 1320. The molecule has 4 aromatic rings. The van der Waals surface area contributed by atoms with Crippen LogP contribution in [0, 0.1) is 13.8 Å². The van der Waals surface area contributed by atoms with Gasteiger partial charge in [0.1, 0.15) is 0 Å². The number of para-hydroxylation sites is 1. The molecule has 0 unspecified atom stereocenters. The largest absolute Gasteiger partial charge is 0.454 e. The number of ketones is 1. The van der Waals surface area contributed by atoms with Crippen molar-refractivity contribution in [2.45, 2.75) is 13.8 Å². The summed E-state index contributed by atoms with van der Waals surface area (Å²) >= 11 is 6.34. The SMILES string of the molecule is Cc1cc(C(=O)COC(=O)c2cc(-c3ccccc3Cl)nc3ccccc23)c(C)n1C. The number of ether oxygens (including phenoxy) is 1. The number of carbonyl (C=O) groups excluding carboxylic acids is 2. The maximum Gasteiger partial charge on any atom is 0.339 e. The molecule has 0 saturated carbocycles. The molecule has 0 radical (unpaired) electrons. The zero-order chi connectivity index (χ0) is 22.1. The third kappa shape index (κ3) is 3.97. The lowest BCUT2D eigenvalue weighted by molar-refractivity contribution is 0.0476. The summed E-state index contributed by atoms with van der Waals surface area (Å²) in [4.78, 5) is 30.3. The van der Waals surface area contributed by atoms with Crippen LogP contribution in [0.2, 0.25) is 5.02 Å². The highest BCUT2D eigenvalue weighted by Gasteiger charge is 2.19. The van der Waals surface area contributed by atoms with Crippen molar-refractivity contribution in [1.29, 1.82) is 0 Å². The van der Waals surface area contributed by atoms with Crippen LogP contribution < -0.4 is 0 Å². The molecule has 0 atom stereocenters. The minimum atomic E-state index is -0.578. The first-order valence-corrected chi connectivity index (χ1v) is 10.2. The fourth-order valence-corrected chi connectivity index (χ4v) is 3.81. The van der Waals surface area contributed by atoms with Crippen LogP contribution in [0.1, 0.15) is 32.1 Å². The van der Waals surface area contributed by atoms with Crippen molar-refractivity contribution in [3.8, 4) is 11.3 Å². The molecule has 0 aliphatic rings. The average Bonchev–Trinajstić information content (AvgIpc) is 3.04. The highest BCUT2D eigenvalue weighted by molar-refractivity contribution is 6.33. The summed E-state index contributed by atoms with van der Waals surface area (Å²) < 4.78 is 7.35. The van der Waals surface area contributed by atoms with Gasteiger partial charge in [0.05, 0.1) is 16.8 Å². The minimum absolute atomic E-state index is 0.237. The Morgan fingerprint density at radius 2 is 1.71 bits per heavy atom. The average molecular weight is 433 g/mol. The summed E-state index contributed by atoms with van der Waals surface area (Å²) in [7, 11) is 1.90. The summed E-state index contributed by atoms with van der Waals surface area (Å²) in [5, 5.41) is 1.19. The number of benzene rings is 2. The van der Waals surface area contributed by atoms with Crippen molar-refractivity contribution in [2.75, 3.05) is 6.61 Å². The van der Waals surface area contributed by atoms with Gasteiger partial charge < -0.3 is 9.30 Å². The van der Waals surface area contributed by atoms with Gasteiger partial charge in [-0.15, -0.1) is 0 Å². The number of hydrogen-bond donors (Lipinski definition) is 0. The van der Waals surface area contributed by atoms with Crippen molar-refractivity contribution in [1.82, 2.24) is 9.55 Å². The zero-order valence-corrected chi connectivity index (χ0v) is 18.2. The summed E-state index contributed by atoms with van der Waals surface area (Å²) in [6.45, 7) is 3.46. The third-order valence-electron chi connectivity index (χ3n) is 5.50. The standard InChI is InChI=1S/C25H21ClN2O3/c1-15-12-19(16(2)28(15)3)24(29)14-31-25(30)20-13-23(18-9-4-6-10-21(18)26)27-22-11-7-5-8-17(20)22/h4-13H,14H2,1-3H3. The summed E-state index contributed by atoms with van der Waals surface area (Å²) in [6, 6.07) is 18.1. The molecule has 2 aromatic heterocycles. The predicted molar refractivity (Wildman–Crippen MR) is 122 cm³/mol. The van der Waals surface area contributed by atoms with Crippen LogP contribution in [0.4, 0.5) is 0 Å².